The third kappa shape index (κ3) is 5.04. The summed E-state index contributed by atoms with van der Waals surface area (Å²) in [5.41, 5.74) is 3.93. The molecule has 2 aromatic rings. The summed E-state index contributed by atoms with van der Waals surface area (Å²) < 4.78 is 5.24. The second kappa shape index (κ2) is 8.17. The number of ketones is 1. The van der Waals surface area contributed by atoms with Crippen molar-refractivity contribution in [2.45, 2.75) is 39.5 Å². The molecule has 0 aliphatic heterocycles. The predicted octanol–water partition coefficient (Wildman–Crippen LogP) is 5.18. The molecule has 0 atom stereocenters. The largest absolute Gasteiger partial charge is 0.423 e. The minimum Gasteiger partial charge on any atom is -0.423 e. The quantitative estimate of drug-likeness (QED) is 0.387. The van der Waals surface area contributed by atoms with Crippen LogP contribution in [0.3, 0.4) is 0 Å². The van der Waals surface area contributed by atoms with Gasteiger partial charge in [-0.2, -0.15) is 0 Å². The van der Waals surface area contributed by atoms with Crippen molar-refractivity contribution in [3.63, 3.8) is 0 Å². The fourth-order valence-electron chi connectivity index (χ4n) is 2.68. The molecule has 3 heteroatoms. The molecular weight excluding hydrogens is 336 g/mol. The van der Waals surface area contributed by atoms with Gasteiger partial charge in [0, 0.05) is 17.4 Å². The van der Waals surface area contributed by atoms with E-state index < -0.39 is 5.97 Å². The smallest absolute Gasteiger partial charge is 0.338 e. The van der Waals surface area contributed by atoms with Crippen LogP contribution in [-0.2, 0) is 21.4 Å². The highest BCUT2D eigenvalue weighted by Crippen LogP contribution is 2.32. The first-order valence-electron chi connectivity index (χ1n) is 8.87. The molecule has 0 radical (unpaired) electrons. The molecule has 27 heavy (non-hydrogen) atoms. The van der Waals surface area contributed by atoms with Crippen LogP contribution in [0.1, 0.15) is 44.4 Å². The Hall–Kier alpha value is -2.94. The second-order valence-electron chi connectivity index (χ2n) is 7.40. The summed E-state index contributed by atoms with van der Waals surface area (Å²) in [7, 11) is 0. The summed E-state index contributed by atoms with van der Waals surface area (Å²) in [6.07, 6.45) is 0.374. The molecule has 0 aromatic heterocycles. The molecule has 0 unspecified atom stereocenters. The zero-order valence-electron chi connectivity index (χ0n) is 16.5. The molecular formula is C24H26O3. The molecule has 140 valence electrons. The number of rotatable bonds is 7. The normalized spacial score (nSPS) is 11.0. The SMILES string of the molecule is C=C(C)C(=O)Cc1ccc(C(C)(C)c2ccc(OC(=O)C(=C)C)cc2)cc1. The number of allylic oxidation sites excluding steroid dienone is 1. The number of hydrogen-bond donors (Lipinski definition) is 0. The zero-order chi connectivity index (χ0) is 20.2. The fourth-order valence-corrected chi connectivity index (χ4v) is 2.68. The second-order valence-corrected chi connectivity index (χ2v) is 7.40. The number of Topliss-reactive ketones (excluding diaryl/α,β-unsaturated/α-hetero) is 1. The summed E-state index contributed by atoms with van der Waals surface area (Å²) in [5, 5.41) is 0. The van der Waals surface area contributed by atoms with Crippen LogP contribution >= 0.6 is 0 Å². The molecule has 2 aromatic carbocycles. The van der Waals surface area contributed by atoms with Gasteiger partial charge >= 0.3 is 5.97 Å². The van der Waals surface area contributed by atoms with Gasteiger partial charge in [-0.25, -0.2) is 4.79 Å². The van der Waals surface area contributed by atoms with Gasteiger partial charge in [-0.05, 0) is 48.2 Å². The lowest BCUT2D eigenvalue weighted by Gasteiger charge is -2.26. The molecule has 0 N–H and O–H groups in total. The number of hydrogen-bond acceptors (Lipinski definition) is 3. The highest BCUT2D eigenvalue weighted by atomic mass is 16.5. The third-order valence-electron chi connectivity index (χ3n) is 4.65. The fraction of sp³-hybridized carbons (Fsp3) is 0.250. The van der Waals surface area contributed by atoms with E-state index in [9.17, 15) is 9.59 Å². The molecule has 0 saturated carbocycles. The molecule has 0 aliphatic rings. The number of ether oxygens (including phenoxy) is 1. The lowest BCUT2D eigenvalue weighted by Crippen LogP contribution is -2.19. The van der Waals surface area contributed by atoms with E-state index in [2.05, 4.69) is 39.1 Å². The average molecular weight is 362 g/mol. The van der Waals surface area contributed by atoms with Crippen molar-refractivity contribution in [3.05, 3.63) is 89.5 Å². The molecule has 0 bridgehead atoms. The van der Waals surface area contributed by atoms with Gasteiger partial charge in [0.05, 0.1) is 0 Å². The topological polar surface area (TPSA) is 43.4 Å². The Morgan fingerprint density at radius 3 is 1.78 bits per heavy atom. The Balaban J connectivity index is 2.17. The van der Waals surface area contributed by atoms with E-state index in [1.807, 2.05) is 24.3 Å². The van der Waals surface area contributed by atoms with E-state index in [0.29, 0.717) is 23.3 Å². The Morgan fingerprint density at radius 2 is 1.33 bits per heavy atom. The Kier molecular flexibility index (Phi) is 6.17. The number of benzene rings is 2. The van der Waals surface area contributed by atoms with Crippen LogP contribution in [-0.4, -0.2) is 11.8 Å². The van der Waals surface area contributed by atoms with Crippen molar-refractivity contribution in [1.29, 1.82) is 0 Å². The lowest BCUT2D eigenvalue weighted by molar-refractivity contribution is -0.130. The van der Waals surface area contributed by atoms with E-state index in [0.717, 1.165) is 16.7 Å². The van der Waals surface area contributed by atoms with Gasteiger partial charge in [-0.15, -0.1) is 0 Å². The standard InChI is InChI=1S/C24H26O3/c1-16(2)22(25)15-18-7-9-19(10-8-18)24(5,6)20-11-13-21(14-12-20)27-23(26)17(3)4/h7-14H,1,3,15H2,2,4-6H3. The maximum absolute atomic E-state index is 11.8. The average Bonchev–Trinajstić information content (AvgIpc) is 2.62. The van der Waals surface area contributed by atoms with Crippen molar-refractivity contribution >= 4 is 11.8 Å². The molecule has 0 spiro atoms. The van der Waals surface area contributed by atoms with E-state index >= 15 is 0 Å². The zero-order valence-corrected chi connectivity index (χ0v) is 16.5. The number of esters is 1. The molecule has 2 rings (SSSR count). The van der Waals surface area contributed by atoms with Crippen molar-refractivity contribution in [2.75, 3.05) is 0 Å². The molecule has 0 aliphatic carbocycles. The molecule has 0 amide bonds. The summed E-state index contributed by atoms with van der Waals surface area (Å²) in [6, 6.07) is 15.6. The van der Waals surface area contributed by atoms with Crippen LogP contribution in [0.15, 0.2) is 72.8 Å². The summed E-state index contributed by atoms with van der Waals surface area (Å²) in [5.74, 6) is 0.125. The van der Waals surface area contributed by atoms with Crippen LogP contribution in [0.4, 0.5) is 0 Å². The first-order valence-corrected chi connectivity index (χ1v) is 8.87. The van der Waals surface area contributed by atoms with Gasteiger partial charge < -0.3 is 4.74 Å². The summed E-state index contributed by atoms with van der Waals surface area (Å²) >= 11 is 0. The Labute approximate surface area is 161 Å². The van der Waals surface area contributed by atoms with Crippen LogP contribution < -0.4 is 4.74 Å². The van der Waals surface area contributed by atoms with Crippen LogP contribution in [0, 0.1) is 0 Å². The van der Waals surface area contributed by atoms with E-state index in [1.165, 1.54) is 0 Å². The van der Waals surface area contributed by atoms with E-state index in [4.69, 9.17) is 4.74 Å². The van der Waals surface area contributed by atoms with Crippen LogP contribution in [0.2, 0.25) is 0 Å². The van der Waals surface area contributed by atoms with E-state index in [-0.39, 0.29) is 11.2 Å². The maximum Gasteiger partial charge on any atom is 0.338 e. The monoisotopic (exact) mass is 362 g/mol. The van der Waals surface area contributed by atoms with Crippen molar-refractivity contribution in [1.82, 2.24) is 0 Å². The molecule has 0 saturated heterocycles. The maximum atomic E-state index is 11.8. The highest BCUT2D eigenvalue weighted by Gasteiger charge is 2.23. The number of carbonyl (C=O) groups excluding carboxylic acids is 2. The lowest BCUT2D eigenvalue weighted by atomic mass is 9.78. The molecule has 0 heterocycles. The van der Waals surface area contributed by atoms with Gasteiger partial charge in [0.1, 0.15) is 5.75 Å². The first kappa shape index (κ1) is 20.4. The Morgan fingerprint density at radius 1 is 0.852 bits per heavy atom. The predicted molar refractivity (Wildman–Crippen MR) is 109 cm³/mol. The van der Waals surface area contributed by atoms with E-state index in [1.54, 1.807) is 26.0 Å². The van der Waals surface area contributed by atoms with Crippen molar-refractivity contribution in [2.24, 2.45) is 0 Å². The van der Waals surface area contributed by atoms with Gasteiger partial charge in [0.2, 0.25) is 0 Å². The summed E-state index contributed by atoms with van der Waals surface area (Å²) in [4.78, 5) is 23.4. The van der Waals surface area contributed by atoms with Crippen LogP contribution in [0.25, 0.3) is 0 Å². The first-order chi connectivity index (χ1) is 12.6. The minimum atomic E-state index is -0.429. The molecule has 0 fully saturated rings. The van der Waals surface area contributed by atoms with Gasteiger partial charge in [0.25, 0.3) is 0 Å². The summed E-state index contributed by atoms with van der Waals surface area (Å²) in [6.45, 7) is 14.9. The Bertz CT molecular complexity index is 795. The van der Waals surface area contributed by atoms with Crippen LogP contribution in [0.5, 0.6) is 5.75 Å². The number of carbonyl (C=O) groups is 2. The van der Waals surface area contributed by atoms with Crippen molar-refractivity contribution < 1.29 is 14.3 Å². The minimum absolute atomic E-state index is 0.0573. The van der Waals surface area contributed by atoms with Gasteiger partial charge in [-0.3, -0.25) is 4.79 Å². The van der Waals surface area contributed by atoms with Crippen molar-refractivity contribution in [3.8, 4) is 5.75 Å². The third-order valence-corrected chi connectivity index (χ3v) is 4.65. The highest BCUT2D eigenvalue weighted by molar-refractivity contribution is 5.95. The molecule has 3 nitrogen and oxygen atoms in total. The van der Waals surface area contributed by atoms with Gasteiger partial charge in [0.15, 0.2) is 5.78 Å². The van der Waals surface area contributed by atoms with Gasteiger partial charge in [-0.1, -0.05) is 63.4 Å².